The van der Waals surface area contributed by atoms with E-state index in [0.29, 0.717) is 5.02 Å². The predicted octanol–water partition coefficient (Wildman–Crippen LogP) is 0.997. The average Bonchev–Trinajstić information content (AvgIpc) is 2.29. The van der Waals surface area contributed by atoms with Crippen LogP contribution in [0.5, 0.6) is 0 Å². The van der Waals surface area contributed by atoms with E-state index in [9.17, 15) is 8.42 Å². The number of rotatable bonds is 6. The van der Waals surface area contributed by atoms with Gasteiger partial charge in [-0.2, -0.15) is 8.42 Å². The third-order valence-corrected chi connectivity index (χ3v) is 3.91. The van der Waals surface area contributed by atoms with Crippen LogP contribution in [0.2, 0.25) is 5.02 Å². The molecule has 1 aromatic rings. The number of hydrogen-bond donors (Lipinski definition) is 2. The maximum Gasteiger partial charge on any atom is 0.276 e. The van der Waals surface area contributed by atoms with Gasteiger partial charge in [0.15, 0.2) is 0 Å². The van der Waals surface area contributed by atoms with Gasteiger partial charge in [-0.25, -0.2) is 9.44 Å². The van der Waals surface area contributed by atoms with Gasteiger partial charge >= 0.3 is 0 Å². The number of halogens is 1. The van der Waals surface area contributed by atoms with Crippen molar-refractivity contribution in [1.82, 2.24) is 14.3 Å². The summed E-state index contributed by atoms with van der Waals surface area (Å²) in [5, 5.41) is 0.635. The van der Waals surface area contributed by atoms with Crippen molar-refractivity contribution in [3.63, 3.8) is 0 Å². The van der Waals surface area contributed by atoms with E-state index < -0.39 is 10.2 Å². The highest BCUT2D eigenvalue weighted by atomic mass is 35.5. The fourth-order valence-corrected chi connectivity index (χ4v) is 2.29. The first-order chi connectivity index (χ1) is 8.35. The molecule has 1 aromatic carbocycles. The Morgan fingerprint density at radius 1 is 1.39 bits per heavy atom. The molecule has 0 aliphatic rings. The van der Waals surface area contributed by atoms with Crippen LogP contribution in [0.15, 0.2) is 24.3 Å². The van der Waals surface area contributed by atoms with Crippen LogP contribution in [0.4, 0.5) is 0 Å². The molecule has 0 saturated carbocycles. The highest BCUT2D eigenvalue weighted by Crippen LogP contribution is 2.20. The zero-order chi connectivity index (χ0) is 13.8. The van der Waals surface area contributed by atoms with Crippen LogP contribution in [0.3, 0.4) is 0 Å². The van der Waals surface area contributed by atoms with E-state index in [-0.39, 0.29) is 12.6 Å². The molecule has 7 heteroatoms. The summed E-state index contributed by atoms with van der Waals surface area (Å²) in [7, 11) is 1.72. The van der Waals surface area contributed by atoms with Gasteiger partial charge in [0.1, 0.15) is 0 Å². The summed E-state index contributed by atoms with van der Waals surface area (Å²) in [6.45, 7) is 0.274. The first kappa shape index (κ1) is 15.4. The maximum atomic E-state index is 11.4. The van der Waals surface area contributed by atoms with Crippen molar-refractivity contribution in [2.45, 2.75) is 6.04 Å². The van der Waals surface area contributed by atoms with Crippen molar-refractivity contribution in [1.29, 1.82) is 0 Å². The summed E-state index contributed by atoms with van der Waals surface area (Å²) >= 11 is 5.94. The SMILES string of the molecule is CNS(=O)(=O)NCC(c1cccc(Cl)c1)N(C)C. The molecule has 1 rings (SSSR count). The average molecular weight is 292 g/mol. The van der Waals surface area contributed by atoms with Crippen LogP contribution in [0, 0.1) is 0 Å². The summed E-state index contributed by atoms with van der Waals surface area (Å²) in [6.07, 6.45) is 0. The molecule has 0 bridgehead atoms. The molecule has 0 fully saturated rings. The van der Waals surface area contributed by atoms with Crippen LogP contribution in [0.25, 0.3) is 0 Å². The lowest BCUT2D eigenvalue weighted by atomic mass is 10.1. The monoisotopic (exact) mass is 291 g/mol. The van der Waals surface area contributed by atoms with Crippen molar-refractivity contribution in [3.8, 4) is 0 Å². The van der Waals surface area contributed by atoms with Gasteiger partial charge in [0.25, 0.3) is 10.2 Å². The number of nitrogens with zero attached hydrogens (tertiary/aromatic N) is 1. The fourth-order valence-electron chi connectivity index (χ4n) is 1.57. The van der Waals surface area contributed by atoms with Gasteiger partial charge in [-0.1, -0.05) is 23.7 Å². The maximum absolute atomic E-state index is 11.4. The Kier molecular flexibility index (Phi) is 5.55. The molecule has 0 radical (unpaired) electrons. The Bertz CT molecular complexity index is 491. The van der Waals surface area contributed by atoms with E-state index in [4.69, 9.17) is 11.6 Å². The highest BCUT2D eigenvalue weighted by molar-refractivity contribution is 7.87. The third kappa shape index (κ3) is 4.55. The highest BCUT2D eigenvalue weighted by Gasteiger charge is 2.17. The van der Waals surface area contributed by atoms with Crippen molar-refractivity contribution in [2.75, 3.05) is 27.7 Å². The summed E-state index contributed by atoms with van der Waals surface area (Å²) in [5.74, 6) is 0. The van der Waals surface area contributed by atoms with Crippen LogP contribution < -0.4 is 9.44 Å². The van der Waals surface area contributed by atoms with Gasteiger partial charge in [0.05, 0.1) is 0 Å². The molecule has 18 heavy (non-hydrogen) atoms. The largest absolute Gasteiger partial charge is 0.301 e. The van der Waals surface area contributed by atoms with Crippen LogP contribution in [-0.4, -0.2) is 41.0 Å². The van der Waals surface area contributed by atoms with E-state index in [1.54, 1.807) is 6.07 Å². The number of hydrogen-bond acceptors (Lipinski definition) is 3. The quantitative estimate of drug-likeness (QED) is 0.822. The third-order valence-electron chi connectivity index (χ3n) is 2.59. The summed E-state index contributed by atoms with van der Waals surface area (Å²) in [6, 6.07) is 7.31. The summed E-state index contributed by atoms with van der Waals surface area (Å²) < 4.78 is 27.4. The van der Waals surface area contributed by atoms with E-state index in [1.807, 2.05) is 37.2 Å². The molecular formula is C11H18ClN3O2S. The normalized spacial score (nSPS) is 13.8. The minimum atomic E-state index is -3.43. The van der Waals surface area contributed by atoms with E-state index in [0.717, 1.165) is 5.56 Å². The second-order valence-electron chi connectivity index (χ2n) is 4.09. The molecule has 0 spiro atoms. The molecule has 1 unspecified atom stereocenters. The molecule has 0 amide bonds. The molecule has 1 atom stereocenters. The van der Waals surface area contributed by atoms with Gasteiger partial charge in [-0.3, -0.25) is 0 Å². The summed E-state index contributed by atoms with van der Waals surface area (Å²) in [5.41, 5.74) is 0.964. The Morgan fingerprint density at radius 3 is 2.56 bits per heavy atom. The van der Waals surface area contributed by atoms with Crippen molar-refractivity contribution < 1.29 is 8.42 Å². The van der Waals surface area contributed by atoms with Gasteiger partial charge in [0.2, 0.25) is 0 Å². The standard InChI is InChI=1S/C11H18ClN3O2S/c1-13-18(16,17)14-8-11(15(2)3)9-5-4-6-10(12)7-9/h4-7,11,13-14H,8H2,1-3H3. The van der Waals surface area contributed by atoms with Crippen molar-refractivity contribution in [2.24, 2.45) is 0 Å². The van der Waals surface area contributed by atoms with Crippen LogP contribution >= 0.6 is 11.6 Å². The Labute approximate surface area is 113 Å². The second kappa shape index (κ2) is 6.49. The van der Waals surface area contributed by atoms with Crippen LogP contribution in [0.1, 0.15) is 11.6 Å². The lowest BCUT2D eigenvalue weighted by molar-refractivity contribution is 0.299. The van der Waals surface area contributed by atoms with Gasteiger partial charge < -0.3 is 4.90 Å². The van der Waals surface area contributed by atoms with E-state index >= 15 is 0 Å². The van der Waals surface area contributed by atoms with Gasteiger partial charge in [-0.15, -0.1) is 0 Å². The molecule has 2 N–H and O–H groups in total. The van der Waals surface area contributed by atoms with Gasteiger partial charge in [0, 0.05) is 24.7 Å². The second-order valence-corrected chi connectivity index (χ2v) is 6.23. The van der Waals surface area contributed by atoms with Gasteiger partial charge in [-0.05, 0) is 31.8 Å². The predicted molar refractivity (Wildman–Crippen MR) is 73.9 cm³/mol. The topological polar surface area (TPSA) is 61.4 Å². The molecule has 0 aliphatic heterocycles. The Morgan fingerprint density at radius 2 is 2.06 bits per heavy atom. The first-order valence-corrected chi connectivity index (χ1v) is 7.32. The minimum Gasteiger partial charge on any atom is -0.301 e. The first-order valence-electron chi connectivity index (χ1n) is 5.46. The molecule has 0 aromatic heterocycles. The van der Waals surface area contributed by atoms with E-state index in [2.05, 4.69) is 9.44 Å². The molecular weight excluding hydrogens is 274 g/mol. The zero-order valence-electron chi connectivity index (χ0n) is 10.6. The molecule has 0 saturated heterocycles. The van der Waals surface area contributed by atoms with E-state index in [1.165, 1.54) is 7.05 Å². The number of nitrogens with one attached hydrogen (secondary N) is 2. The lowest BCUT2D eigenvalue weighted by Gasteiger charge is -2.25. The molecule has 5 nitrogen and oxygen atoms in total. The van der Waals surface area contributed by atoms with Crippen molar-refractivity contribution in [3.05, 3.63) is 34.9 Å². The summed E-state index contributed by atoms with van der Waals surface area (Å²) in [4.78, 5) is 1.93. The zero-order valence-corrected chi connectivity index (χ0v) is 12.2. The fraction of sp³-hybridized carbons (Fsp3) is 0.455. The molecule has 0 heterocycles. The lowest BCUT2D eigenvalue weighted by Crippen LogP contribution is -2.39. The minimum absolute atomic E-state index is 0.0770. The smallest absolute Gasteiger partial charge is 0.276 e. The number of benzene rings is 1. The van der Waals surface area contributed by atoms with Crippen molar-refractivity contribution >= 4 is 21.8 Å². The Balaban J connectivity index is 2.85. The van der Waals surface area contributed by atoms with Crippen LogP contribution in [-0.2, 0) is 10.2 Å². The number of likely N-dealkylation sites (N-methyl/N-ethyl adjacent to an activating group) is 1. The Hall–Kier alpha value is -0.660. The molecule has 102 valence electrons. The molecule has 0 aliphatic carbocycles.